The molecule has 0 amide bonds. The van der Waals surface area contributed by atoms with E-state index in [1.807, 2.05) is 6.08 Å². The van der Waals surface area contributed by atoms with E-state index in [4.69, 9.17) is 0 Å². The third-order valence-corrected chi connectivity index (χ3v) is 2.85. The molecule has 0 saturated heterocycles. The number of hydrogen-bond acceptors (Lipinski definition) is 0. The van der Waals surface area contributed by atoms with E-state index < -0.39 is 0 Å². The monoisotopic (exact) mass is 253 g/mol. The predicted molar refractivity (Wildman–Crippen MR) is 69.2 cm³/mol. The average molecular weight is 254 g/mol. The van der Waals surface area contributed by atoms with Crippen LogP contribution in [0.4, 0.5) is 0 Å². The summed E-state index contributed by atoms with van der Waals surface area (Å²) in [5, 5.41) is 0. The highest BCUT2D eigenvalue weighted by Crippen LogP contribution is 2.07. The standard InChI is InChI=1S/C15H24N.ClH/c1-2-3-4-5-6-7-8-10-13-16-14-11-9-12-15-16;/h2,9,11-12,14-15H,1,3-8,10,13H2;1H/q+1;/p-1. The van der Waals surface area contributed by atoms with Crippen LogP contribution in [0.25, 0.3) is 0 Å². The van der Waals surface area contributed by atoms with Gasteiger partial charge in [0.1, 0.15) is 6.54 Å². The summed E-state index contributed by atoms with van der Waals surface area (Å²) >= 11 is 0. The van der Waals surface area contributed by atoms with Gasteiger partial charge in [0.15, 0.2) is 12.4 Å². The molecule has 1 heterocycles. The van der Waals surface area contributed by atoms with Crippen molar-refractivity contribution in [3.05, 3.63) is 43.2 Å². The summed E-state index contributed by atoms with van der Waals surface area (Å²) in [6.45, 7) is 4.90. The fourth-order valence-electron chi connectivity index (χ4n) is 1.87. The normalized spacial score (nSPS) is 9.65. The number of unbranched alkanes of at least 4 members (excludes halogenated alkanes) is 6. The minimum atomic E-state index is 0. The fourth-order valence-corrected chi connectivity index (χ4v) is 1.87. The Hall–Kier alpha value is -0.820. The highest BCUT2D eigenvalue weighted by molar-refractivity contribution is 4.83. The van der Waals surface area contributed by atoms with Crippen LogP contribution in [0.15, 0.2) is 43.2 Å². The molecule has 0 aromatic carbocycles. The van der Waals surface area contributed by atoms with Gasteiger partial charge in [0.2, 0.25) is 0 Å². The van der Waals surface area contributed by atoms with Crippen molar-refractivity contribution >= 4 is 0 Å². The maximum atomic E-state index is 3.74. The second kappa shape index (κ2) is 11.7. The summed E-state index contributed by atoms with van der Waals surface area (Å²) in [6.07, 6.45) is 15.6. The van der Waals surface area contributed by atoms with Gasteiger partial charge < -0.3 is 12.4 Å². The Balaban J connectivity index is 0.00000256. The Bertz CT molecular complexity index is 272. The molecule has 0 unspecified atom stereocenters. The first-order chi connectivity index (χ1) is 7.93. The molecule has 0 aliphatic heterocycles. The van der Waals surface area contributed by atoms with E-state index in [2.05, 4.69) is 41.7 Å². The van der Waals surface area contributed by atoms with Gasteiger partial charge in [-0.1, -0.05) is 31.4 Å². The van der Waals surface area contributed by atoms with Gasteiger partial charge in [-0.05, 0) is 19.3 Å². The van der Waals surface area contributed by atoms with Crippen LogP contribution in [0.3, 0.4) is 0 Å². The molecule has 0 atom stereocenters. The first-order valence-corrected chi connectivity index (χ1v) is 6.48. The van der Waals surface area contributed by atoms with Crippen LogP contribution in [0, 0.1) is 0 Å². The number of aryl methyl sites for hydroxylation is 1. The van der Waals surface area contributed by atoms with Gasteiger partial charge in [0.05, 0.1) is 0 Å². The summed E-state index contributed by atoms with van der Waals surface area (Å²) in [7, 11) is 0. The summed E-state index contributed by atoms with van der Waals surface area (Å²) in [5.41, 5.74) is 0. The SMILES string of the molecule is C=CCCCCCCCC[n+]1ccccc1.[Cl-]. The third kappa shape index (κ3) is 8.93. The zero-order valence-corrected chi connectivity index (χ0v) is 11.4. The van der Waals surface area contributed by atoms with Crippen LogP contribution in [-0.4, -0.2) is 0 Å². The number of pyridine rings is 1. The molecule has 0 radical (unpaired) electrons. The molecule has 1 nitrogen and oxygen atoms in total. The minimum absolute atomic E-state index is 0. The van der Waals surface area contributed by atoms with E-state index in [0.29, 0.717) is 0 Å². The molecule has 1 rings (SSSR count). The maximum Gasteiger partial charge on any atom is 0.168 e. The first-order valence-electron chi connectivity index (χ1n) is 6.48. The summed E-state index contributed by atoms with van der Waals surface area (Å²) in [4.78, 5) is 0. The Labute approximate surface area is 112 Å². The molecular weight excluding hydrogens is 230 g/mol. The van der Waals surface area contributed by atoms with Gasteiger partial charge >= 0.3 is 0 Å². The van der Waals surface area contributed by atoms with E-state index >= 15 is 0 Å². The lowest BCUT2D eigenvalue weighted by Gasteiger charge is -1.99. The molecule has 1 aromatic heterocycles. The van der Waals surface area contributed by atoms with Gasteiger partial charge in [0.25, 0.3) is 0 Å². The Kier molecular flexibility index (Phi) is 11.1. The Morgan fingerprint density at radius 2 is 1.41 bits per heavy atom. The molecule has 0 aliphatic carbocycles. The number of aromatic nitrogens is 1. The molecular formula is C15H24ClN. The highest BCUT2D eigenvalue weighted by Gasteiger charge is 1.97. The van der Waals surface area contributed by atoms with Gasteiger partial charge in [-0.2, -0.15) is 0 Å². The zero-order valence-electron chi connectivity index (χ0n) is 10.7. The number of nitrogens with zero attached hydrogens (tertiary/aromatic N) is 1. The van der Waals surface area contributed by atoms with Crippen LogP contribution in [0.5, 0.6) is 0 Å². The molecule has 0 N–H and O–H groups in total. The summed E-state index contributed by atoms with van der Waals surface area (Å²) < 4.78 is 2.26. The maximum absolute atomic E-state index is 3.74. The van der Waals surface area contributed by atoms with Gasteiger partial charge in [-0.15, -0.1) is 6.58 Å². The lowest BCUT2D eigenvalue weighted by Crippen LogP contribution is -3.00. The molecule has 0 bridgehead atoms. The Morgan fingerprint density at radius 1 is 0.824 bits per heavy atom. The van der Waals surface area contributed by atoms with Crippen molar-refractivity contribution in [3.63, 3.8) is 0 Å². The summed E-state index contributed by atoms with van der Waals surface area (Å²) in [5.74, 6) is 0. The molecule has 0 spiro atoms. The van der Waals surface area contributed by atoms with Crippen LogP contribution in [0.1, 0.15) is 44.9 Å². The van der Waals surface area contributed by atoms with Gasteiger partial charge in [-0.3, -0.25) is 0 Å². The van der Waals surface area contributed by atoms with Crippen molar-refractivity contribution in [3.8, 4) is 0 Å². The second-order valence-electron chi connectivity index (χ2n) is 4.31. The number of hydrogen-bond donors (Lipinski definition) is 0. The van der Waals surface area contributed by atoms with E-state index in [1.165, 1.54) is 44.9 Å². The van der Waals surface area contributed by atoms with Crippen molar-refractivity contribution in [1.29, 1.82) is 0 Å². The van der Waals surface area contributed by atoms with Gasteiger partial charge in [0, 0.05) is 18.6 Å². The molecule has 96 valence electrons. The lowest BCUT2D eigenvalue weighted by molar-refractivity contribution is -0.697. The quantitative estimate of drug-likeness (QED) is 0.350. The minimum Gasteiger partial charge on any atom is -1.00 e. The van der Waals surface area contributed by atoms with E-state index in [0.717, 1.165) is 6.54 Å². The smallest absolute Gasteiger partial charge is 0.168 e. The third-order valence-electron chi connectivity index (χ3n) is 2.85. The van der Waals surface area contributed by atoms with Crippen molar-refractivity contribution in [2.24, 2.45) is 0 Å². The van der Waals surface area contributed by atoms with Crippen molar-refractivity contribution in [2.45, 2.75) is 51.5 Å². The van der Waals surface area contributed by atoms with Crippen LogP contribution in [0.2, 0.25) is 0 Å². The molecule has 0 aliphatic rings. The Morgan fingerprint density at radius 3 is 2.06 bits per heavy atom. The lowest BCUT2D eigenvalue weighted by atomic mass is 10.1. The van der Waals surface area contributed by atoms with E-state index in [9.17, 15) is 0 Å². The molecule has 17 heavy (non-hydrogen) atoms. The molecule has 0 saturated carbocycles. The van der Waals surface area contributed by atoms with E-state index in [1.54, 1.807) is 0 Å². The number of allylic oxidation sites excluding steroid dienone is 1. The molecule has 2 heteroatoms. The average Bonchev–Trinajstić information content (AvgIpc) is 2.34. The highest BCUT2D eigenvalue weighted by atomic mass is 35.5. The fraction of sp³-hybridized carbons (Fsp3) is 0.533. The van der Waals surface area contributed by atoms with Crippen LogP contribution < -0.4 is 17.0 Å². The first kappa shape index (κ1) is 16.2. The number of rotatable bonds is 9. The molecule has 1 aromatic rings. The van der Waals surface area contributed by atoms with Gasteiger partial charge in [-0.25, -0.2) is 4.57 Å². The zero-order chi connectivity index (χ0) is 11.5. The van der Waals surface area contributed by atoms with Crippen molar-refractivity contribution < 1.29 is 17.0 Å². The van der Waals surface area contributed by atoms with Crippen LogP contribution >= 0.6 is 0 Å². The number of halogens is 1. The van der Waals surface area contributed by atoms with Crippen molar-refractivity contribution in [2.75, 3.05) is 0 Å². The summed E-state index contributed by atoms with van der Waals surface area (Å²) in [6, 6.07) is 6.25. The van der Waals surface area contributed by atoms with Crippen LogP contribution in [-0.2, 0) is 6.54 Å². The molecule has 0 fully saturated rings. The topological polar surface area (TPSA) is 3.88 Å². The predicted octanol–water partition coefficient (Wildman–Crippen LogP) is 0.895. The largest absolute Gasteiger partial charge is 1.00 e. The van der Waals surface area contributed by atoms with E-state index in [-0.39, 0.29) is 12.4 Å². The second-order valence-corrected chi connectivity index (χ2v) is 4.31. The van der Waals surface area contributed by atoms with Crippen molar-refractivity contribution in [1.82, 2.24) is 0 Å².